The maximum Gasteiger partial charge on any atom is 0.303 e. The van der Waals surface area contributed by atoms with Gasteiger partial charge >= 0.3 is 5.97 Å². The van der Waals surface area contributed by atoms with E-state index in [1.807, 2.05) is 0 Å². The fourth-order valence-corrected chi connectivity index (χ4v) is 3.81. The van der Waals surface area contributed by atoms with E-state index in [-0.39, 0.29) is 36.2 Å². The molecule has 0 aliphatic heterocycles. The van der Waals surface area contributed by atoms with Gasteiger partial charge in [0.2, 0.25) is 0 Å². The Morgan fingerprint density at radius 1 is 0.960 bits per heavy atom. The van der Waals surface area contributed by atoms with Crippen molar-refractivity contribution in [1.29, 1.82) is 0 Å². The predicted molar refractivity (Wildman–Crippen MR) is 96.3 cm³/mol. The maximum absolute atomic E-state index is 12.1. The standard InChI is InChI=1S/C20H34O5/c1-2-3-6-9-15(21)12-13-17-16(18(22)14-19(17)23)10-7-4-5-8-11-20(24)25/h16-18,22H,2-14H2,1H3,(H,24,25)/t16-,17-,18?/m1/s1. The van der Waals surface area contributed by atoms with E-state index >= 15 is 0 Å². The van der Waals surface area contributed by atoms with Gasteiger partial charge in [-0.25, -0.2) is 0 Å². The number of carboxylic acid groups (broad SMARTS) is 1. The van der Waals surface area contributed by atoms with Crippen LogP contribution in [-0.4, -0.2) is 33.9 Å². The number of Topliss-reactive ketones (excluding diaryl/α,β-unsaturated/α-hetero) is 2. The Labute approximate surface area is 151 Å². The van der Waals surface area contributed by atoms with Crippen molar-refractivity contribution in [2.75, 3.05) is 0 Å². The summed E-state index contributed by atoms with van der Waals surface area (Å²) in [6.45, 7) is 2.11. The largest absolute Gasteiger partial charge is 0.481 e. The minimum atomic E-state index is -0.763. The molecule has 0 heterocycles. The summed E-state index contributed by atoms with van der Waals surface area (Å²) >= 11 is 0. The van der Waals surface area contributed by atoms with Gasteiger partial charge < -0.3 is 10.2 Å². The summed E-state index contributed by atoms with van der Waals surface area (Å²) in [6, 6.07) is 0. The zero-order chi connectivity index (χ0) is 18.7. The molecule has 0 bridgehead atoms. The molecule has 3 atom stereocenters. The SMILES string of the molecule is CCCCCC(=O)CC[C@H]1C(=O)CC(O)[C@@H]1CCCCCCC(=O)O. The molecule has 0 spiro atoms. The normalized spacial score (nSPS) is 23.1. The van der Waals surface area contributed by atoms with E-state index in [1.165, 1.54) is 0 Å². The number of carbonyl (C=O) groups excluding carboxylic acids is 2. The van der Waals surface area contributed by atoms with Crippen molar-refractivity contribution >= 4 is 17.5 Å². The summed E-state index contributed by atoms with van der Waals surface area (Å²) in [5, 5.41) is 18.8. The van der Waals surface area contributed by atoms with Gasteiger partial charge in [0.15, 0.2) is 0 Å². The minimum Gasteiger partial charge on any atom is -0.481 e. The van der Waals surface area contributed by atoms with Gasteiger partial charge in [-0.2, -0.15) is 0 Å². The number of aliphatic hydroxyl groups is 1. The van der Waals surface area contributed by atoms with Crippen molar-refractivity contribution in [2.45, 2.75) is 96.5 Å². The summed E-state index contributed by atoms with van der Waals surface area (Å²) in [5.74, 6) is -0.639. The van der Waals surface area contributed by atoms with Gasteiger partial charge in [-0.1, -0.05) is 39.0 Å². The summed E-state index contributed by atoms with van der Waals surface area (Å²) in [4.78, 5) is 34.6. The summed E-state index contributed by atoms with van der Waals surface area (Å²) in [6.07, 6.45) is 8.71. The topological polar surface area (TPSA) is 91.7 Å². The average Bonchev–Trinajstić information content (AvgIpc) is 2.82. The number of unbranched alkanes of at least 4 members (excludes halogenated alkanes) is 5. The maximum atomic E-state index is 12.1. The second kappa shape index (κ2) is 12.2. The van der Waals surface area contributed by atoms with E-state index < -0.39 is 12.1 Å². The second-order valence-corrected chi connectivity index (χ2v) is 7.39. The van der Waals surface area contributed by atoms with Crippen molar-refractivity contribution in [3.63, 3.8) is 0 Å². The molecule has 1 fully saturated rings. The third-order valence-electron chi connectivity index (χ3n) is 5.31. The van der Waals surface area contributed by atoms with E-state index in [1.54, 1.807) is 0 Å². The number of aliphatic carboxylic acids is 1. The van der Waals surface area contributed by atoms with Gasteiger partial charge in [0, 0.05) is 31.6 Å². The molecule has 2 N–H and O–H groups in total. The third-order valence-corrected chi connectivity index (χ3v) is 5.31. The van der Waals surface area contributed by atoms with Crippen LogP contribution in [0.15, 0.2) is 0 Å². The Morgan fingerprint density at radius 3 is 2.32 bits per heavy atom. The molecule has 0 aromatic heterocycles. The number of carbonyl (C=O) groups is 3. The number of hydrogen-bond donors (Lipinski definition) is 2. The fourth-order valence-electron chi connectivity index (χ4n) is 3.81. The van der Waals surface area contributed by atoms with Crippen LogP contribution in [0.1, 0.15) is 90.4 Å². The molecule has 0 saturated heterocycles. The number of aliphatic hydroxyl groups excluding tert-OH is 1. The molecule has 25 heavy (non-hydrogen) atoms. The highest BCUT2D eigenvalue weighted by Gasteiger charge is 2.40. The molecule has 1 aliphatic carbocycles. The highest BCUT2D eigenvalue weighted by molar-refractivity contribution is 5.85. The number of carboxylic acids is 1. The highest BCUT2D eigenvalue weighted by Crippen LogP contribution is 2.36. The Morgan fingerprint density at radius 2 is 1.64 bits per heavy atom. The molecular weight excluding hydrogens is 320 g/mol. The first-order valence-corrected chi connectivity index (χ1v) is 9.90. The number of rotatable bonds is 14. The van der Waals surface area contributed by atoms with Crippen LogP contribution in [0.25, 0.3) is 0 Å². The third kappa shape index (κ3) is 8.61. The second-order valence-electron chi connectivity index (χ2n) is 7.39. The number of hydrogen-bond acceptors (Lipinski definition) is 4. The minimum absolute atomic E-state index is 0.0320. The fraction of sp³-hybridized carbons (Fsp3) is 0.850. The van der Waals surface area contributed by atoms with Crippen LogP contribution in [0.2, 0.25) is 0 Å². The summed E-state index contributed by atoms with van der Waals surface area (Å²) in [5.41, 5.74) is 0. The summed E-state index contributed by atoms with van der Waals surface area (Å²) < 4.78 is 0. The first kappa shape index (κ1) is 21.8. The van der Waals surface area contributed by atoms with Crippen molar-refractivity contribution in [2.24, 2.45) is 11.8 Å². The van der Waals surface area contributed by atoms with Crippen molar-refractivity contribution in [1.82, 2.24) is 0 Å². The molecule has 1 unspecified atom stereocenters. The Bertz CT molecular complexity index is 432. The molecule has 1 aliphatic rings. The van der Waals surface area contributed by atoms with Gasteiger partial charge in [0.25, 0.3) is 0 Å². The van der Waals surface area contributed by atoms with Gasteiger partial charge in [0.05, 0.1) is 6.10 Å². The average molecular weight is 354 g/mol. The van der Waals surface area contributed by atoms with Crippen LogP contribution in [0, 0.1) is 11.8 Å². The zero-order valence-corrected chi connectivity index (χ0v) is 15.5. The van der Waals surface area contributed by atoms with Crippen molar-refractivity contribution < 1.29 is 24.6 Å². The molecule has 144 valence electrons. The molecule has 1 rings (SSSR count). The monoisotopic (exact) mass is 354 g/mol. The van der Waals surface area contributed by atoms with Crippen LogP contribution < -0.4 is 0 Å². The summed E-state index contributed by atoms with van der Waals surface area (Å²) in [7, 11) is 0. The van der Waals surface area contributed by atoms with Crippen LogP contribution in [0.4, 0.5) is 0 Å². The van der Waals surface area contributed by atoms with Gasteiger partial charge in [-0.05, 0) is 31.6 Å². The lowest BCUT2D eigenvalue weighted by molar-refractivity contribution is -0.137. The highest BCUT2D eigenvalue weighted by atomic mass is 16.4. The van der Waals surface area contributed by atoms with Crippen LogP contribution in [0.5, 0.6) is 0 Å². The lowest BCUT2D eigenvalue weighted by Crippen LogP contribution is -2.21. The Hall–Kier alpha value is -1.23. The number of ketones is 2. The van der Waals surface area contributed by atoms with Gasteiger partial charge in [-0.3, -0.25) is 14.4 Å². The lowest BCUT2D eigenvalue weighted by atomic mass is 9.85. The van der Waals surface area contributed by atoms with E-state index in [0.717, 1.165) is 44.9 Å². The molecule has 5 nitrogen and oxygen atoms in total. The first-order chi connectivity index (χ1) is 12.0. The molecule has 0 amide bonds. The molecular formula is C20H34O5. The van der Waals surface area contributed by atoms with E-state index in [0.29, 0.717) is 25.7 Å². The molecule has 1 saturated carbocycles. The molecule has 0 aromatic carbocycles. The zero-order valence-electron chi connectivity index (χ0n) is 15.5. The van der Waals surface area contributed by atoms with E-state index in [2.05, 4.69) is 6.92 Å². The van der Waals surface area contributed by atoms with Crippen molar-refractivity contribution in [3.8, 4) is 0 Å². The molecule has 0 radical (unpaired) electrons. The van der Waals surface area contributed by atoms with Gasteiger partial charge in [-0.15, -0.1) is 0 Å². The predicted octanol–water partition coefficient (Wildman–Crippen LogP) is 3.91. The molecule has 5 heteroatoms. The van der Waals surface area contributed by atoms with E-state index in [9.17, 15) is 19.5 Å². The lowest BCUT2D eigenvalue weighted by Gasteiger charge is -2.20. The van der Waals surface area contributed by atoms with E-state index in [4.69, 9.17) is 5.11 Å². The first-order valence-electron chi connectivity index (χ1n) is 9.90. The van der Waals surface area contributed by atoms with Crippen LogP contribution in [0.3, 0.4) is 0 Å². The van der Waals surface area contributed by atoms with Crippen LogP contribution >= 0.6 is 0 Å². The molecule has 0 aromatic rings. The Kier molecular flexibility index (Phi) is 10.6. The van der Waals surface area contributed by atoms with Crippen LogP contribution in [-0.2, 0) is 14.4 Å². The van der Waals surface area contributed by atoms with Crippen molar-refractivity contribution in [3.05, 3.63) is 0 Å². The Balaban J connectivity index is 2.31. The van der Waals surface area contributed by atoms with Gasteiger partial charge in [0.1, 0.15) is 11.6 Å². The smallest absolute Gasteiger partial charge is 0.303 e. The quantitative estimate of drug-likeness (QED) is 0.462.